The zero-order chi connectivity index (χ0) is 17.0. The molecule has 0 aromatic carbocycles. The number of hydrogen-bond acceptors (Lipinski definition) is 8. The Labute approximate surface area is 139 Å². The van der Waals surface area contributed by atoms with Crippen LogP contribution in [-0.4, -0.2) is 49.3 Å². The van der Waals surface area contributed by atoms with E-state index in [1.807, 2.05) is 0 Å². The van der Waals surface area contributed by atoms with Gasteiger partial charge in [-0.1, -0.05) is 11.4 Å². The number of nitrogens with one attached hydrogen (secondary N) is 1. The molecule has 1 aliphatic heterocycles. The van der Waals surface area contributed by atoms with E-state index in [2.05, 4.69) is 5.32 Å². The van der Waals surface area contributed by atoms with Crippen LogP contribution in [0.15, 0.2) is 0 Å². The summed E-state index contributed by atoms with van der Waals surface area (Å²) in [6, 6.07) is -1.02. The van der Waals surface area contributed by atoms with Crippen LogP contribution in [0.3, 0.4) is 0 Å². The van der Waals surface area contributed by atoms with Crippen LogP contribution in [0.4, 0.5) is 4.79 Å². The minimum absolute atomic E-state index is 0.525. The molecule has 0 spiro atoms. The number of amides is 1. The highest BCUT2D eigenvalue weighted by Crippen LogP contribution is 2.65. The van der Waals surface area contributed by atoms with Gasteiger partial charge in [-0.15, -0.1) is 0 Å². The van der Waals surface area contributed by atoms with Crippen molar-refractivity contribution in [2.45, 2.75) is 45.4 Å². The van der Waals surface area contributed by atoms with Gasteiger partial charge in [-0.3, -0.25) is 0 Å². The lowest BCUT2D eigenvalue weighted by Crippen LogP contribution is -2.50. The van der Waals surface area contributed by atoms with Crippen molar-refractivity contribution in [2.75, 3.05) is 19.5 Å². The third-order valence-corrected chi connectivity index (χ3v) is 7.82. The molecule has 1 saturated heterocycles. The molecule has 128 valence electrons. The molecule has 0 radical (unpaired) electrons. The second-order valence-corrected chi connectivity index (χ2v) is 12.0. The van der Waals surface area contributed by atoms with E-state index in [1.165, 1.54) is 18.5 Å². The average Bonchev–Trinajstić information content (AvgIpc) is 2.79. The van der Waals surface area contributed by atoms with Gasteiger partial charge in [0.2, 0.25) is 5.69 Å². The number of hydrogen-bond donors (Lipinski definition) is 1. The van der Waals surface area contributed by atoms with Crippen molar-refractivity contribution in [2.24, 2.45) is 0 Å². The lowest BCUT2D eigenvalue weighted by molar-refractivity contribution is -0.145. The van der Waals surface area contributed by atoms with Crippen molar-refractivity contribution in [3.8, 4) is 0 Å². The molecule has 10 heteroatoms. The highest BCUT2D eigenvalue weighted by Gasteiger charge is 2.36. The summed E-state index contributed by atoms with van der Waals surface area (Å²) in [5, 5.41) is 2.46. The molecule has 0 bridgehead atoms. The van der Waals surface area contributed by atoms with E-state index in [4.69, 9.17) is 30.3 Å². The zero-order valence-electron chi connectivity index (χ0n) is 13.3. The first-order chi connectivity index (χ1) is 10.1. The molecule has 22 heavy (non-hydrogen) atoms. The molecule has 3 atom stereocenters. The molecule has 1 heterocycles. The van der Waals surface area contributed by atoms with Gasteiger partial charge in [-0.2, -0.15) is 0 Å². The Bertz CT molecular complexity index is 457. The highest BCUT2D eigenvalue weighted by atomic mass is 32.9. The topological polar surface area (TPSA) is 83.1 Å². The van der Waals surface area contributed by atoms with Gasteiger partial charge in [0.05, 0.1) is 19.8 Å². The summed E-state index contributed by atoms with van der Waals surface area (Å²) in [6.07, 6.45) is -1.42. The molecular formula is C12H22NO6PS2. The molecule has 1 fully saturated rings. The van der Waals surface area contributed by atoms with Gasteiger partial charge in [0, 0.05) is 5.75 Å². The molecule has 0 saturated carbocycles. The molecule has 1 rings (SSSR count). The Balaban J connectivity index is 2.73. The first kappa shape index (κ1) is 19.7. The van der Waals surface area contributed by atoms with Crippen LogP contribution < -0.4 is 5.32 Å². The fourth-order valence-electron chi connectivity index (χ4n) is 1.59. The third kappa shape index (κ3) is 6.42. The standard InChI is InChI=1S/C12H22NO6PS2/c1-8(19-20(21)17-6-7-22-20)9(10(14)16-5)13-11(15)18-12(2,3)4/h8-9H,6-7H2,1-5H3,(H,13,15). The second kappa shape index (κ2) is 7.97. The number of alkyl carbamates (subject to hydrolysis) is 1. The summed E-state index contributed by atoms with van der Waals surface area (Å²) in [5.41, 5.74) is -3.14. The largest absolute Gasteiger partial charge is 0.467 e. The van der Waals surface area contributed by atoms with Crippen molar-refractivity contribution in [3.63, 3.8) is 0 Å². The van der Waals surface area contributed by atoms with E-state index in [0.29, 0.717) is 6.61 Å². The van der Waals surface area contributed by atoms with Gasteiger partial charge in [-0.05, 0) is 39.5 Å². The van der Waals surface area contributed by atoms with Gasteiger partial charge < -0.3 is 23.8 Å². The van der Waals surface area contributed by atoms with Crippen molar-refractivity contribution in [1.29, 1.82) is 0 Å². The van der Waals surface area contributed by atoms with Crippen molar-refractivity contribution in [1.82, 2.24) is 5.32 Å². The van der Waals surface area contributed by atoms with E-state index in [1.54, 1.807) is 27.7 Å². The average molecular weight is 371 g/mol. The lowest BCUT2D eigenvalue weighted by Gasteiger charge is -2.27. The van der Waals surface area contributed by atoms with Crippen LogP contribution in [0.25, 0.3) is 0 Å². The van der Waals surface area contributed by atoms with E-state index < -0.39 is 35.5 Å². The molecule has 1 aliphatic rings. The van der Waals surface area contributed by atoms with Gasteiger partial charge >= 0.3 is 12.1 Å². The minimum Gasteiger partial charge on any atom is -0.467 e. The van der Waals surface area contributed by atoms with Crippen LogP contribution in [0.1, 0.15) is 27.7 Å². The van der Waals surface area contributed by atoms with Crippen LogP contribution in [-0.2, 0) is 35.1 Å². The number of esters is 1. The van der Waals surface area contributed by atoms with Gasteiger partial charge in [0.1, 0.15) is 5.60 Å². The first-order valence-corrected chi connectivity index (χ1v) is 10.9. The molecule has 1 amide bonds. The van der Waals surface area contributed by atoms with Crippen molar-refractivity contribution < 1.29 is 28.1 Å². The Morgan fingerprint density at radius 3 is 2.50 bits per heavy atom. The zero-order valence-corrected chi connectivity index (χ0v) is 15.8. The molecule has 7 nitrogen and oxygen atoms in total. The normalized spacial score (nSPS) is 24.4. The Kier molecular flexibility index (Phi) is 7.14. The molecule has 1 N–H and O–H groups in total. The van der Waals surface area contributed by atoms with E-state index in [9.17, 15) is 9.59 Å². The van der Waals surface area contributed by atoms with Crippen LogP contribution in [0.2, 0.25) is 0 Å². The number of rotatable bonds is 5. The Morgan fingerprint density at radius 2 is 2.05 bits per heavy atom. The second-order valence-electron chi connectivity index (χ2n) is 5.57. The lowest BCUT2D eigenvalue weighted by atomic mass is 10.2. The molecule has 0 aromatic heterocycles. The molecule has 0 aliphatic carbocycles. The van der Waals surface area contributed by atoms with Crippen molar-refractivity contribution >= 4 is 40.9 Å². The summed E-state index contributed by atoms with van der Waals surface area (Å²) in [5.74, 6) is 0.121. The fourth-order valence-corrected chi connectivity index (χ4v) is 6.37. The third-order valence-electron chi connectivity index (χ3n) is 2.47. The van der Waals surface area contributed by atoms with Crippen LogP contribution in [0.5, 0.6) is 0 Å². The Hall–Kier alpha value is -0.340. The molecule has 0 aromatic rings. The minimum atomic E-state index is -2.46. The quantitative estimate of drug-likeness (QED) is 0.583. The summed E-state index contributed by atoms with van der Waals surface area (Å²) in [7, 11) is 1.23. The van der Waals surface area contributed by atoms with E-state index >= 15 is 0 Å². The number of methoxy groups -OCH3 is 1. The van der Waals surface area contributed by atoms with Gasteiger partial charge in [0.15, 0.2) is 6.04 Å². The molecule has 3 unspecified atom stereocenters. The monoisotopic (exact) mass is 371 g/mol. The summed E-state index contributed by atoms with van der Waals surface area (Å²) >= 11 is 6.74. The van der Waals surface area contributed by atoms with E-state index in [-0.39, 0.29) is 0 Å². The number of carbonyl (C=O) groups is 2. The maximum Gasteiger partial charge on any atom is 0.408 e. The maximum atomic E-state index is 11.9. The fraction of sp³-hybridized carbons (Fsp3) is 0.833. The predicted octanol–water partition coefficient (Wildman–Crippen LogP) is 2.45. The van der Waals surface area contributed by atoms with Crippen molar-refractivity contribution in [3.05, 3.63) is 0 Å². The maximum absolute atomic E-state index is 11.9. The highest BCUT2D eigenvalue weighted by molar-refractivity contribution is 8.68. The summed E-state index contributed by atoms with van der Waals surface area (Å²) in [6.45, 7) is 7.34. The predicted molar refractivity (Wildman–Crippen MR) is 88.4 cm³/mol. The SMILES string of the molecule is COC(=O)C(NC(=O)OC(C)(C)C)C(C)OP1(=S)OCCS1. The smallest absolute Gasteiger partial charge is 0.408 e. The number of carbonyl (C=O) groups excluding carboxylic acids is 2. The Morgan fingerprint density at radius 1 is 1.41 bits per heavy atom. The number of ether oxygens (including phenoxy) is 2. The summed E-state index contributed by atoms with van der Waals surface area (Å²) in [4.78, 5) is 23.8. The van der Waals surface area contributed by atoms with Crippen LogP contribution in [0, 0.1) is 0 Å². The van der Waals surface area contributed by atoms with Crippen LogP contribution >= 0.6 is 17.1 Å². The summed E-state index contributed by atoms with van der Waals surface area (Å²) < 4.78 is 21.0. The van der Waals surface area contributed by atoms with Gasteiger partial charge in [0.25, 0.3) is 0 Å². The molecular weight excluding hydrogens is 349 g/mol. The van der Waals surface area contributed by atoms with Gasteiger partial charge in [-0.25, -0.2) is 9.59 Å². The van der Waals surface area contributed by atoms with E-state index in [0.717, 1.165) is 5.75 Å². The first-order valence-electron chi connectivity index (χ1n) is 6.71.